The molecule has 4 aromatic heterocycles. The van der Waals surface area contributed by atoms with Crippen LogP contribution in [0.3, 0.4) is 0 Å². The summed E-state index contributed by atoms with van der Waals surface area (Å²) < 4.78 is 10.7. The van der Waals surface area contributed by atoms with Gasteiger partial charge in [-0.15, -0.1) is 29.7 Å². The third kappa shape index (κ3) is 4.34. The van der Waals surface area contributed by atoms with E-state index in [4.69, 9.17) is 9.72 Å². The summed E-state index contributed by atoms with van der Waals surface area (Å²) in [4.78, 5) is 9.39. The molecule has 0 atom stereocenters. The Morgan fingerprint density at radius 3 is 2.20 bits per heavy atom. The molecule has 5 aromatic carbocycles. The van der Waals surface area contributed by atoms with Gasteiger partial charge in [0.1, 0.15) is 5.82 Å². The summed E-state index contributed by atoms with van der Waals surface area (Å²) in [6.45, 7) is 4.34. The summed E-state index contributed by atoms with van der Waals surface area (Å²) in [5.41, 5.74) is 8.95. The van der Waals surface area contributed by atoms with Crippen LogP contribution in [0.4, 0.5) is 0 Å². The zero-order chi connectivity index (χ0) is 30.1. The molecule has 9 aromatic rings. The maximum Gasteiger partial charge on any atom is 2.00 e. The summed E-state index contributed by atoms with van der Waals surface area (Å²) in [6, 6.07) is 42.7. The molecule has 0 saturated carbocycles. The molecule has 0 spiro atoms. The number of rotatable bonds is 4. The number of aromatic nitrogens is 4. The van der Waals surface area contributed by atoms with Crippen LogP contribution in [0.25, 0.3) is 66.1 Å². The topological polar surface area (TPSA) is 44.3 Å². The average Bonchev–Trinajstić information content (AvgIpc) is 3.69. The third-order valence-corrected chi connectivity index (χ3v) is 8.76. The van der Waals surface area contributed by atoms with Crippen LogP contribution in [0.15, 0.2) is 122 Å². The molecule has 0 saturated heterocycles. The quantitative estimate of drug-likeness (QED) is 0.132. The molecule has 0 aliphatic heterocycles. The van der Waals surface area contributed by atoms with E-state index in [1.807, 2.05) is 55.0 Å². The van der Waals surface area contributed by atoms with Gasteiger partial charge in [-0.1, -0.05) is 77.0 Å². The summed E-state index contributed by atoms with van der Waals surface area (Å²) in [7, 11) is 0. The van der Waals surface area contributed by atoms with E-state index in [1.165, 1.54) is 22.3 Å². The predicted molar refractivity (Wildman–Crippen MR) is 181 cm³/mol. The smallest absolute Gasteiger partial charge is 0.503 e. The molecule has 9 rings (SSSR count). The number of hydrogen-bond acceptors (Lipinski definition) is 3. The van der Waals surface area contributed by atoms with Gasteiger partial charge < -0.3 is 13.7 Å². The molecule has 0 aliphatic rings. The molecule has 46 heavy (non-hydrogen) atoms. The molecule has 0 N–H and O–H groups in total. The summed E-state index contributed by atoms with van der Waals surface area (Å²) in [5, 5.41) is 5.37. The fourth-order valence-electron chi connectivity index (χ4n) is 6.78. The Hall–Kier alpha value is -5.25. The molecule has 0 bridgehead atoms. The van der Waals surface area contributed by atoms with Crippen molar-refractivity contribution >= 4 is 49.1 Å². The number of nitrogens with zero attached hydrogens (tertiary/aromatic N) is 4. The average molecular weight is 774 g/mol. The van der Waals surface area contributed by atoms with Gasteiger partial charge in [-0.25, -0.2) is 4.98 Å². The number of ether oxygens (including phenoxy) is 1. The largest absolute Gasteiger partial charge is 2.00 e. The van der Waals surface area contributed by atoms with Gasteiger partial charge in [0, 0.05) is 41.1 Å². The first-order valence-electron chi connectivity index (χ1n) is 15.0. The Bertz CT molecular complexity index is 2580. The van der Waals surface area contributed by atoms with Crippen LogP contribution in [0.2, 0.25) is 0 Å². The van der Waals surface area contributed by atoms with Crippen molar-refractivity contribution < 1.29 is 25.8 Å². The van der Waals surface area contributed by atoms with Crippen molar-refractivity contribution in [2.24, 2.45) is 0 Å². The van der Waals surface area contributed by atoms with Crippen molar-refractivity contribution in [2.75, 3.05) is 0 Å². The molecule has 4 heterocycles. The van der Waals surface area contributed by atoms with Crippen LogP contribution >= 0.6 is 0 Å². The van der Waals surface area contributed by atoms with Crippen molar-refractivity contribution in [1.82, 2.24) is 18.9 Å². The number of hydrogen-bond donors (Lipinski definition) is 0. The number of pyridine rings is 2. The minimum atomic E-state index is 0. The van der Waals surface area contributed by atoms with Crippen molar-refractivity contribution in [1.29, 1.82) is 0 Å². The summed E-state index contributed by atoms with van der Waals surface area (Å²) in [6.07, 6.45) is 5.68. The molecule has 5 nitrogen and oxygen atoms in total. The zero-order valence-electron chi connectivity index (χ0n) is 25.1. The molecule has 222 valence electrons. The van der Waals surface area contributed by atoms with E-state index in [0.29, 0.717) is 11.5 Å². The van der Waals surface area contributed by atoms with Crippen LogP contribution < -0.4 is 4.74 Å². The van der Waals surface area contributed by atoms with Crippen molar-refractivity contribution in [3.63, 3.8) is 0 Å². The van der Waals surface area contributed by atoms with E-state index in [1.54, 1.807) is 0 Å². The van der Waals surface area contributed by atoms with Gasteiger partial charge in [-0.05, 0) is 71.1 Å². The second-order valence-electron chi connectivity index (χ2n) is 11.5. The normalized spacial score (nSPS) is 11.5. The van der Waals surface area contributed by atoms with E-state index >= 15 is 0 Å². The van der Waals surface area contributed by atoms with Gasteiger partial charge >= 0.3 is 21.1 Å². The Balaban J connectivity index is 0.00000312. The van der Waals surface area contributed by atoms with Crippen LogP contribution in [0.5, 0.6) is 11.5 Å². The van der Waals surface area contributed by atoms with Gasteiger partial charge in [0.25, 0.3) is 0 Å². The van der Waals surface area contributed by atoms with Crippen molar-refractivity contribution in [2.45, 2.75) is 13.8 Å². The molecular formula is C40H26N4OPt. The van der Waals surface area contributed by atoms with E-state index in [9.17, 15) is 0 Å². The van der Waals surface area contributed by atoms with Crippen LogP contribution in [-0.2, 0) is 21.1 Å². The number of para-hydroxylation sites is 1. The Morgan fingerprint density at radius 1 is 0.630 bits per heavy atom. The predicted octanol–water partition coefficient (Wildman–Crippen LogP) is 9.81. The molecule has 6 heteroatoms. The summed E-state index contributed by atoms with van der Waals surface area (Å²) in [5.74, 6) is 2.05. The standard InChI is InChI=1S/C40H26N4O.Pt/c1-25-8-7-9-26(2)39(25)27-13-16-32-30-17-14-28(23-34(30)40-42-20-21-43(40)36(32)22-27)45-29-15-18-33-31-10-3-4-11-35(31)44(37(33)24-29)38-12-5-6-19-41-38;/h3-22H,1-2H3;/q-2;+2. The molecule has 0 amide bonds. The van der Waals surface area contributed by atoms with Crippen LogP contribution in [-0.4, -0.2) is 18.9 Å². The maximum atomic E-state index is 6.44. The van der Waals surface area contributed by atoms with E-state index in [-0.39, 0.29) is 21.1 Å². The van der Waals surface area contributed by atoms with Crippen molar-refractivity contribution in [3.8, 4) is 28.4 Å². The fraction of sp³-hybridized carbons (Fsp3) is 0.0500. The number of benzene rings is 5. The Kier molecular flexibility index (Phi) is 6.74. The maximum absolute atomic E-state index is 6.44. The van der Waals surface area contributed by atoms with Gasteiger partial charge in [0.2, 0.25) is 0 Å². The fourth-order valence-corrected chi connectivity index (χ4v) is 6.78. The number of imidazole rings is 1. The third-order valence-electron chi connectivity index (χ3n) is 8.76. The molecule has 0 radical (unpaired) electrons. The first-order chi connectivity index (χ1) is 22.1. The van der Waals surface area contributed by atoms with E-state index in [0.717, 1.165) is 54.9 Å². The van der Waals surface area contributed by atoms with Crippen LogP contribution in [0, 0.1) is 26.0 Å². The van der Waals surface area contributed by atoms with Gasteiger partial charge in [0.05, 0.1) is 5.65 Å². The zero-order valence-corrected chi connectivity index (χ0v) is 27.3. The van der Waals surface area contributed by atoms with E-state index < -0.39 is 0 Å². The van der Waals surface area contributed by atoms with Crippen molar-refractivity contribution in [3.05, 3.63) is 145 Å². The van der Waals surface area contributed by atoms with E-state index in [2.05, 4.69) is 107 Å². The molecule has 0 aliphatic carbocycles. The van der Waals surface area contributed by atoms with Gasteiger partial charge in [-0.2, -0.15) is 6.07 Å². The molecular weight excluding hydrogens is 748 g/mol. The number of aryl methyl sites for hydroxylation is 2. The minimum Gasteiger partial charge on any atom is -0.503 e. The Morgan fingerprint density at radius 2 is 1.37 bits per heavy atom. The Labute approximate surface area is 280 Å². The van der Waals surface area contributed by atoms with Crippen LogP contribution in [0.1, 0.15) is 11.1 Å². The molecule has 0 unspecified atom stereocenters. The van der Waals surface area contributed by atoms with Gasteiger partial charge in [0.15, 0.2) is 0 Å². The van der Waals surface area contributed by atoms with Gasteiger partial charge in [-0.3, -0.25) is 4.98 Å². The first kappa shape index (κ1) is 28.2. The second-order valence-corrected chi connectivity index (χ2v) is 11.5. The minimum absolute atomic E-state index is 0. The first-order valence-corrected chi connectivity index (χ1v) is 15.0. The SMILES string of the molecule is Cc1cccc(C)c1-c1ccc2c3ccc(Oc4[c-]c5c(cc4)c4ccccc4n5-c4ccccn4)[c-]c3c3nccn3c2c1.[Pt+2]. The monoisotopic (exact) mass is 773 g/mol. The summed E-state index contributed by atoms with van der Waals surface area (Å²) >= 11 is 0. The second kappa shape index (κ2) is 11.0. The molecule has 0 fully saturated rings. The number of fused-ring (bicyclic) bond motifs is 9.